The Hall–Kier alpha value is -3.68. The third kappa shape index (κ3) is 7.58. The van der Waals surface area contributed by atoms with Crippen LogP contribution >= 0.6 is 0 Å². The molecule has 4 amide bonds. The summed E-state index contributed by atoms with van der Waals surface area (Å²) < 4.78 is 16.9. The van der Waals surface area contributed by atoms with Gasteiger partial charge < -0.3 is 39.5 Å². The van der Waals surface area contributed by atoms with Gasteiger partial charge in [0.1, 0.15) is 23.2 Å². The number of urea groups is 1. The highest BCUT2D eigenvalue weighted by Crippen LogP contribution is 2.31. The maximum Gasteiger partial charge on any atom is 0.321 e. The summed E-state index contributed by atoms with van der Waals surface area (Å²) >= 11 is 0. The number of nitrogens with zero attached hydrogens (tertiary/aromatic N) is 4. The van der Waals surface area contributed by atoms with Crippen LogP contribution in [0, 0.1) is 19.8 Å². The van der Waals surface area contributed by atoms with Crippen molar-refractivity contribution in [2.45, 2.75) is 46.3 Å². The van der Waals surface area contributed by atoms with Crippen LogP contribution in [0.1, 0.15) is 42.1 Å². The van der Waals surface area contributed by atoms with Crippen molar-refractivity contribution in [2.24, 2.45) is 5.92 Å². The summed E-state index contributed by atoms with van der Waals surface area (Å²) in [7, 11) is 1.66. The van der Waals surface area contributed by atoms with Gasteiger partial charge in [0.25, 0.3) is 5.91 Å². The minimum Gasteiger partial charge on any atom is -0.487 e. The van der Waals surface area contributed by atoms with Crippen molar-refractivity contribution < 1.29 is 33.5 Å². The van der Waals surface area contributed by atoms with E-state index in [9.17, 15) is 19.5 Å². The van der Waals surface area contributed by atoms with E-state index in [-0.39, 0.29) is 42.5 Å². The molecule has 0 saturated carbocycles. The fraction of sp³-hybridized carbons (Fsp3) is 0.586. The molecule has 2 aliphatic heterocycles. The molecule has 13 heteroatoms. The lowest BCUT2D eigenvalue weighted by atomic mass is 9.99. The Bertz CT molecular complexity index is 1240. The van der Waals surface area contributed by atoms with Crippen LogP contribution in [0.15, 0.2) is 22.7 Å². The first-order chi connectivity index (χ1) is 20.1. The number of aromatic nitrogens is 1. The van der Waals surface area contributed by atoms with Crippen LogP contribution in [0.3, 0.4) is 0 Å². The molecule has 230 valence electrons. The summed E-state index contributed by atoms with van der Waals surface area (Å²) in [6.45, 7) is 11.1. The summed E-state index contributed by atoms with van der Waals surface area (Å²) in [6.07, 6.45) is -0.156. The van der Waals surface area contributed by atoms with Gasteiger partial charge in [0.2, 0.25) is 5.91 Å². The van der Waals surface area contributed by atoms with Gasteiger partial charge in [0, 0.05) is 51.3 Å². The molecule has 2 aromatic rings. The third-order valence-corrected chi connectivity index (χ3v) is 7.77. The highest BCUT2D eigenvalue weighted by atomic mass is 16.5. The van der Waals surface area contributed by atoms with Gasteiger partial charge >= 0.3 is 6.03 Å². The zero-order valence-corrected chi connectivity index (χ0v) is 25.0. The van der Waals surface area contributed by atoms with E-state index >= 15 is 0 Å². The molecule has 0 radical (unpaired) electrons. The van der Waals surface area contributed by atoms with Crippen LogP contribution < -0.4 is 15.4 Å². The van der Waals surface area contributed by atoms with Crippen LogP contribution in [0.2, 0.25) is 0 Å². The summed E-state index contributed by atoms with van der Waals surface area (Å²) in [5.74, 6) is 0.224. The minimum absolute atomic E-state index is 0.154. The molecule has 3 N–H and O–H groups in total. The van der Waals surface area contributed by atoms with Crippen molar-refractivity contribution in [3.63, 3.8) is 0 Å². The van der Waals surface area contributed by atoms with Gasteiger partial charge in [0.15, 0.2) is 5.76 Å². The highest BCUT2D eigenvalue weighted by Gasteiger charge is 2.34. The largest absolute Gasteiger partial charge is 0.487 e. The number of carbonyl (C=O) groups excluding carboxylic acids is 3. The number of anilines is 2. The number of fused-ring (bicyclic) bond motifs is 1. The number of morpholine rings is 1. The van der Waals surface area contributed by atoms with Crippen molar-refractivity contribution in [2.75, 3.05) is 70.2 Å². The van der Waals surface area contributed by atoms with Gasteiger partial charge in [-0.2, -0.15) is 0 Å². The van der Waals surface area contributed by atoms with E-state index in [2.05, 4.69) is 20.7 Å². The average molecular weight is 587 g/mol. The molecule has 3 atom stereocenters. The SMILES string of the molecule is Cc1noc(C)c1NC(=O)N(C)C[C@@H]1Oc2ccc(NC(=O)CCN3CCOCC3)cc2C(=O)N([C@H](C)CO)C[C@H]1C. The van der Waals surface area contributed by atoms with Gasteiger partial charge in [-0.05, 0) is 39.0 Å². The first-order valence-corrected chi connectivity index (χ1v) is 14.3. The molecule has 42 heavy (non-hydrogen) atoms. The number of aliphatic hydroxyl groups excluding tert-OH is 1. The third-order valence-electron chi connectivity index (χ3n) is 7.77. The lowest BCUT2D eigenvalue weighted by Gasteiger charge is -2.38. The molecule has 0 unspecified atom stereocenters. The van der Waals surface area contributed by atoms with Crippen LogP contribution in [0.25, 0.3) is 0 Å². The zero-order chi connectivity index (χ0) is 30.4. The van der Waals surface area contributed by atoms with Crippen LogP contribution in [-0.2, 0) is 9.53 Å². The molecule has 1 aromatic carbocycles. The number of benzene rings is 1. The van der Waals surface area contributed by atoms with Crippen LogP contribution in [-0.4, -0.2) is 115 Å². The smallest absolute Gasteiger partial charge is 0.321 e. The number of hydrogen-bond acceptors (Lipinski definition) is 9. The quantitative estimate of drug-likeness (QED) is 0.402. The number of rotatable bonds is 9. The van der Waals surface area contributed by atoms with E-state index in [0.717, 1.165) is 13.1 Å². The number of carbonyl (C=O) groups is 3. The summed E-state index contributed by atoms with van der Waals surface area (Å²) in [4.78, 5) is 44.7. The van der Waals surface area contributed by atoms with Crippen LogP contribution in [0.4, 0.5) is 16.2 Å². The Morgan fingerprint density at radius 2 is 1.95 bits per heavy atom. The lowest BCUT2D eigenvalue weighted by molar-refractivity contribution is -0.116. The second-order valence-electron chi connectivity index (χ2n) is 11.1. The first kappa shape index (κ1) is 31.3. The molecule has 1 fully saturated rings. The average Bonchev–Trinajstić information content (AvgIpc) is 3.30. The minimum atomic E-state index is -0.473. The fourth-order valence-corrected chi connectivity index (χ4v) is 5.04. The van der Waals surface area contributed by atoms with Crippen molar-refractivity contribution in [3.8, 4) is 5.75 Å². The second-order valence-corrected chi connectivity index (χ2v) is 11.1. The fourth-order valence-electron chi connectivity index (χ4n) is 5.04. The Balaban J connectivity index is 1.50. The molecular weight excluding hydrogens is 544 g/mol. The molecule has 2 aliphatic rings. The molecule has 3 heterocycles. The van der Waals surface area contributed by atoms with E-state index in [1.807, 2.05) is 6.92 Å². The number of amides is 4. The highest BCUT2D eigenvalue weighted by molar-refractivity contribution is 6.00. The van der Waals surface area contributed by atoms with E-state index < -0.39 is 12.1 Å². The summed E-state index contributed by atoms with van der Waals surface area (Å²) in [5.41, 5.74) is 1.86. The van der Waals surface area contributed by atoms with Crippen molar-refractivity contribution >= 4 is 29.2 Å². The Kier molecular flexibility index (Phi) is 10.4. The first-order valence-electron chi connectivity index (χ1n) is 14.3. The molecule has 1 saturated heterocycles. The zero-order valence-electron chi connectivity index (χ0n) is 25.0. The number of likely N-dealkylation sites (N-methyl/N-ethyl adjacent to an activating group) is 1. The van der Waals surface area contributed by atoms with E-state index in [1.165, 1.54) is 4.90 Å². The maximum atomic E-state index is 13.7. The van der Waals surface area contributed by atoms with Gasteiger partial charge in [-0.3, -0.25) is 14.5 Å². The Labute approximate surface area is 246 Å². The van der Waals surface area contributed by atoms with Crippen molar-refractivity contribution in [3.05, 3.63) is 35.2 Å². The van der Waals surface area contributed by atoms with Gasteiger partial charge in [-0.1, -0.05) is 12.1 Å². The number of ether oxygens (including phenoxy) is 2. The standard InChI is InChI=1S/C29H42N6O7/c1-18-15-35(19(2)17-36)28(38)23-14-22(30-26(37)8-9-34-10-12-40-13-11-34)6-7-24(23)41-25(18)16-33(5)29(39)31-27-20(3)32-42-21(27)4/h6-7,14,18-19,25,36H,8-13,15-17H2,1-5H3,(H,30,37)(H,31,39)/t18-,19-,25+/m1/s1. The monoisotopic (exact) mass is 586 g/mol. The molecule has 0 bridgehead atoms. The number of aliphatic hydroxyl groups is 1. The Morgan fingerprint density at radius 3 is 2.62 bits per heavy atom. The number of hydrogen-bond donors (Lipinski definition) is 3. The molecule has 4 rings (SSSR count). The van der Waals surface area contributed by atoms with Gasteiger partial charge in [0.05, 0.1) is 38.0 Å². The molecule has 0 spiro atoms. The van der Waals surface area contributed by atoms with E-state index in [0.29, 0.717) is 61.3 Å². The lowest BCUT2D eigenvalue weighted by Crippen LogP contribution is -2.50. The van der Waals surface area contributed by atoms with E-state index in [1.54, 1.807) is 50.9 Å². The molecular formula is C29H42N6O7. The number of aryl methyl sites for hydroxylation is 2. The predicted octanol–water partition coefficient (Wildman–Crippen LogP) is 2.34. The molecule has 0 aliphatic carbocycles. The second kappa shape index (κ2) is 14.0. The summed E-state index contributed by atoms with van der Waals surface area (Å²) in [5, 5.41) is 19.5. The predicted molar refractivity (Wildman–Crippen MR) is 156 cm³/mol. The summed E-state index contributed by atoms with van der Waals surface area (Å²) in [6, 6.07) is 4.19. The van der Waals surface area contributed by atoms with Crippen molar-refractivity contribution in [1.82, 2.24) is 19.9 Å². The van der Waals surface area contributed by atoms with Crippen LogP contribution in [0.5, 0.6) is 5.75 Å². The van der Waals surface area contributed by atoms with Crippen molar-refractivity contribution in [1.29, 1.82) is 0 Å². The van der Waals surface area contributed by atoms with Gasteiger partial charge in [-0.25, -0.2) is 4.79 Å². The topological polar surface area (TPSA) is 150 Å². The molecule has 13 nitrogen and oxygen atoms in total. The number of nitrogens with one attached hydrogen (secondary N) is 2. The molecule has 1 aromatic heterocycles. The Morgan fingerprint density at radius 1 is 1.21 bits per heavy atom. The normalized spacial score (nSPS) is 20.1. The van der Waals surface area contributed by atoms with Gasteiger partial charge in [-0.15, -0.1) is 0 Å². The maximum absolute atomic E-state index is 13.7. The van der Waals surface area contributed by atoms with E-state index in [4.69, 9.17) is 14.0 Å².